The van der Waals surface area contributed by atoms with Gasteiger partial charge in [-0.2, -0.15) is 0 Å². The first-order valence-electron chi connectivity index (χ1n) is 8.18. The molecule has 4 nitrogen and oxygen atoms in total. The number of aromatic nitrogens is 2. The Bertz CT molecular complexity index is 860. The van der Waals surface area contributed by atoms with Crippen LogP contribution in [0.3, 0.4) is 0 Å². The molecule has 0 radical (unpaired) electrons. The van der Waals surface area contributed by atoms with Crippen LogP contribution < -0.4 is 9.47 Å². The lowest BCUT2D eigenvalue weighted by Crippen LogP contribution is -1.95. The van der Waals surface area contributed by atoms with E-state index in [1.165, 1.54) is 5.56 Å². The molecule has 0 unspecified atom stereocenters. The normalized spacial score (nSPS) is 12.5. The van der Waals surface area contributed by atoms with Crippen molar-refractivity contribution in [2.24, 2.45) is 0 Å². The fourth-order valence-corrected chi connectivity index (χ4v) is 2.90. The van der Waals surface area contributed by atoms with Crippen LogP contribution in [0, 0.1) is 0 Å². The summed E-state index contributed by atoms with van der Waals surface area (Å²) in [5, 5.41) is 0. The van der Waals surface area contributed by atoms with Crippen molar-refractivity contribution in [2.75, 3.05) is 6.61 Å². The number of para-hydroxylation sites is 1. The highest BCUT2D eigenvalue weighted by Gasteiger charge is 2.20. The van der Waals surface area contributed by atoms with E-state index in [2.05, 4.69) is 29.0 Å². The molecule has 0 atom stereocenters. The Morgan fingerprint density at radius 1 is 1.04 bits per heavy atom. The summed E-state index contributed by atoms with van der Waals surface area (Å²) in [5.74, 6) is 2.18. The van der Waals surface area contributed by atoms with Crippen molar-refractivity contribution < 1.29 is 9.47 Å². The quantitative estimate of drug-likeness (QED) is 0.713. The molecule has 4 rings (SSSR count). The molecule has 3 heterocycles. The predicted octanol–water partition coefficient (Wildman–Crippen LogP) is 4.43. The van der Waals surface area contributed by atoms with Crippen LogP contribution in [0.15, 0.2) is 54.9 Å². The zero-order valence-electron chi connectivity index (χ0n) is 13.5. The van der Waals surface area contributed by atoms with E-state index in [0.29, 0.717) is 11.6 Å². The zero-order valence-corrected chi connectivity index (χ0v) is 13.5. The fraction of sp³-hybridized carbons (Fsp3) is 0.200. The number of nitrogens with zero attached hydrogens (tertiary/aromatic N) is 2. The molecule has 0 saturated heterocycles. The highest BCUT2D eigenvalue weighted by atomic mass is 16.5. The van der Waals surface area contributed by atoms with Crippen molar-refractivity contribution in [1.82, 2.24) is 9.97 Å². The van der Waals surface area contributed by atoms with Gasteiger partial charge in [-0.05, 0) is 36.2 Å². The first kappa shape index (κ1) is 14.7. The molecule has 24 heavy (non-hydrogen) atoms. The third-order valence-electron chi connectivity index (χ3n) is 4.15. The number of hydrogen-bond donors (Lipinski definition) is 0. The summed E-state index contributed by atoms with van der Waals surface area (Å²) < 4.78 is 11.8. The van der Waals surface area contributed by atoms with Gasteiger partial charge in [0.1, 0.15) is 11.5 Å². The maximum atomic E-state index is 5.99. The summed E-state index contributed by atoms with van der Waals surface area (Å²) in [5.41, 5.74) is 4.22. The lowest BCUT2D eigenvalue weighted by molar-refractivity contribution is 0.357. The standard InChI is InChI=1S/C20H18N2O2/c1-2-15-8-9-16(13-22-15)24-20-18(7-4-11-21-20)17-6-3-5-14-10-12-23-19(14)17/h3-9,11,13H,2,10,12H2,1H3. The number of benzene rings is 1. The zero-order chi connectivity index (χ0) is 16.4. The van der Waals surface area contributed by atoms with Gasteiger partial charge >= 0.3 is 0 Å². The van der Waals surface area contributed by atoms with Crippen molar-refractivity contribution in [3.63, 3.8) is 0 Å². The largest absolute Gasteiger partial charge is 0.492 e. The number of hydrogen-bond acceptors (Lipinski definition) is 4. The molecule has 1 aromatic carbocycles. The molecule has 0 saturated carbocycles. The van der Waals surface area contributed by atoms with Gasteiger partial charge in [0.25, 0.3) is 0 Å². The Balaban J connectivity index is 1.72. The number of ether oxygens (including phenoxy) is 2. The Morgan fingerprint density at radius 3 is 2.79 bits per heavy atom. The minimum absolute atomic E-state index is 0.562. The molecule has 0 aliphatic carbocycles. The van der Waals surface area contributed by atoms with Gasteiger partial charge in [-0.25, -0.2) is 4.98 Å². The summed E-state index contributed by atoms with van der Waals surface area (Å²) in [6.07, 6.45) is 5.32. The van der Waals surface area contributed by atoms with Crippen molar-refractivity contribution in [3.8, 4) is 28.5 Å². The van der Waals surface area contributed by atoms with Crippen LogP contribution in [0.25, 0.3) is 11.1 Å². The van der Waals surface area contributed by atoms with Crippen LogP contribution in [-0.2, 0) is 12.8 Å². The molecular formula is C20H18N2O2. The van der Waals surface area contributed by atoms with E-state index in [-0.39, 0.29) is 0 Å². The minimum Gasteiger partial charge on any atom is -0.492 e. The van der Waals surface area contributed by atoms with E-state index in [1.807, 2.05) is 30.3 Å². The van der Waals surface area contributed by atoms with Crippen LogP contribution in [-0.4, -0.2) is 16.6 Å². The van der Waals surface area contributed by atoms with Gasteiger partial charge in [-0.1, -0.05) is 25.1 Å². The van der Waals surface area contributed by atoms with Gasteiger partial charge in [0.05, 0.1) is 12.8 Å². The maximum Gasteiger partial charge on any atom is 0.227 e. The molecular weight excluding hydrogens is 300 g/mol. The monoisotopic (exact) mass is 318 g/mol. The third kappa shape index (κ3) is 2.71. The van der Waals surface area contributed by atoms with E-state index < -0.39 is 0 Å². The summed E-state index contributed by atoms with van der Waals surface area (Å²) in [6, 6.07) is 14.0. The van der Waals surface area contributed by atoms with E-state index >= 15 is 0 Å². The molecule has 120 valence electrons. The smallest absolute Gasteiger partial charge is 0.227 e. The molecule has 0 bridgehead atoms. The highest BCUT2D eigenvalue weighted by Crippen LogP contribution is 2.40. The van der Waals surface area contributed by atoms with Crippen molar-refractivity contribution in [1.29, 1.82) is 0 Å². The lowest BCUT2D eigenvalue weighted by Gasteiger charge is -2.12. The summed E-state index contributed by atoms with van der Waals surface area (Å²) in [7, 11) is 0. The number of fused-ring (bicyclic) bond motifs is 1. The predicted molar refractivity (Wildman–Crippen MR) is 92.6 cm³/mol. The second-order valence-electron chi connectivity index (χ2n) is 5.69. The Labute approximate surface area is 141 Å². The summed E-state index contributed by atoms with van der Waals surface area (Å²) >= 11 is 0. The van der Waals surface area contributed by atoms with Gasteiger partial charge in [0.15, 0.2) is 0 Å². The fourth-order valence-electron chi connectivity index (χ4n) is 2.90. The Morgan fingerprint density at radius 2 is 1.96 bits per heavy atom. The van der Waals surface area contributed by atoms with Crippen LogP contribution in [0.4, 0.5) is 0 Å². The molecule has 1 aliphatic rings. The molecule has 2 aromatic heterocycles. The van der Waals surface area contributed by atoms with Gasteiger partial charge in [0.2, 0.25) is 5.88 Å². The van der Waals surface area contributed by atoms with Crippen LogP contribution in [0.2, 0.25) is 0 Å². The third-order valence-corrected chi connectivity index (χ3v) is 4.15. The molecule has 0 amide bonds. The van der Waals surface area contributed by atoms with Gasteiger partial charge in [-0.3, -0.25) is 4.98 Å². The molecule has 0 spiro atoms. The van der Waals surface area contributed by atoms with Crippen LogP contribution in [0.5, 0.6) is 17.4 Å². The molecule has 0 N–H and O–H groups in total. The molecule has 0 fully saturated rings. The summed E-state index contributed by atoms with van der Waals surface area (Å²) in [4.78, 5) is 8.79. The highest BCUT2D eigenvalue weighted by molar-refractivity contribution is 5.76. The second kappa shape index (κ2) is 6.32. The van der Waals surface area contributed by atoms with E-state index in [9.17, 15) is 0 Å². The van der Waals surface area contributed by atoms with E-state index in [1.54, 1.807) is 12.4 Å². The van der Waals surface area contributed by atoms with Crippen LogP contribution in [0.1, 0.15) is 18.2 Å². The molecule has 3 aromatic rings. The number of pyridine rings is 2. The van der Waals surface area contributed by atoms with Gasteiger partial charge < -0.3 is 9.47 Å². The second-order valence-corrected chi connectivity index (χ2v) is 5.69. The van der Waals surface area contributed by atoms with Gasteiger partial charge in [0, 0.05) is 29.4 Å². The first-order chi connectivity index (χ1) is 11.8. The van der Waals surface area contributed by atoms with E-state index in [0.717, 1.165) is 42.0 Å². The first-order valence-corrected chi connectivity index (χ1v) is 8.18. The molecule has 4 heteroatoms. The minimum atomic E-state index is 0.562. The van der Waals surface area contributed by atoms with Crippen molar-refractivity contribution >= 4 is 0 Å². The Kier molecular flexibility index (Phi) is 3.87. The summed E-state index contributed by atoms with van der Waals surface area (Å²) in [6.45, 7) is 2.81. The maximum absolute atomic E-state index is 5.99. The lowest BCUT2D eigenvalue weighted by atomic mass is 10.0. The topological polar surface area (TPSA) is 44.2 Å². The van der Waals surface area contributed by atoms with Crippen molar-refractivity contribution in [3.05, 3.63) is 66.1 Å². The number of rotatable bonds is 4. The number of aryl methyl sites for hydroxylation is 1. The molecule has 1 aliphatic heterocycles. The van der Waals surface area contributed by atoms with E-state index in [4.69, 9.17) is 9.47 Å². The SMILES string of the molecule is CCc1ccc(Oc2ncccc2-c2cccc3c2OCC3)cn1. The van der Waals surface area contributed by atoms with Gasteiger partial charge in [-0.15, -0.1) is 0 Å². The van der Waals surface area contributed by atoms with Crippen molar-refractivity contribution in [2.45, 2.75) is 19.8 Å². The Hall–Kier alpha value is -2.88. The van der Waals surface area contributed by atoms with Crippen LogP contribution >= 0.6 is 0 Å². The average molecular weight is 318 g/mol. The average Bonchev–Trinajstić information content (AvgIpc) is 3.12.